The van der Waals surface area contributed by atoms with Gasteiger partial charge in [-0.15, -0.1) is 0 Å². The Morgan fingerprint density at radius 3 is 2.29 bits per heavy atom. The Hall–Kier alpha value is -1.35. The van der Waals surface area contributed by atoms with Crippen LogP contribution in [0.2, 0.25) is 0 Å². The molecule has 0 radical (unpaired) electrons. The molecule has 0 aliphatic rings. The molecule has 3 heteroatoms. The molecule has 0 bridgehead atoms. The largest absolute Gasteiger partial charge is 0.479 e. The van der Waals surface area contributed by atoms with Gasteiger partial charge in [-0.05, 0) is 18.4 Å². The third-order valence-corrected chi connectivity index (χ3v) is 3.26. The zero-order valence-electron chi connectivity index (χ0n) is 10.4. The molecule has 1 aromatic rings. The lowest BCUT2D eigenvalue weighted by molar-refractivity contribution is -0.167. The maximum absolute atomic E-state index is 11.4. The van der Waals surface area contributed by atoms with E-state index in [0.717, 1.165) is 6.42 Å². The fourth-order valence-electron chi connectivity index (χ4n) is 2.28. The van der Waals surface area contributed by atoms with Gasteiger partial charge in [0.1, 0.15) is 0 Å². The van der Waals surface area contributed by atoms with Gasteiger partial charge in [0.2, 0.25) is 0 Å². The summed E-state index contributed by atoms with van der Waals surface area (Å²) in [7, 11) is 0. The van der Waals surface area contributed by atoms with Crippen LogP contribution in [0.3, 0.4) is 0 Å². The summed E-state index contributed by atoms with van der Waals surface area (Å²) in [5.74, 6) is -1.42. The highest BCUT2D eigenvalue weighted by molar-refractivity contribution is 5.79. The molecule has 3 nitrogen and oxygen atoms in total. The van der Waals surface area contributed by atoms with E-state index in [1.165, 1.54) is 0 Å². The monoisotopic (exact) mass is 236 g/mol. The minimum absolute atomic E-state index is 0.257. The molecule has 1 unspecified atom stereocenters. The van der Waals surface area contributed by atoms with Crippen molar-refractivity contribution in [1.29, 1.82) is 0 Å². The highest BCUT2D eigenvalue weighted by atomic mass is 16.4. The van der Waals surface area contributed by atoms with Gasteiger partial charge in [0.15, 0.2) is 5.60 Å². The molecule has 0 saturated carbocycles. The van der Waals surface area contributed by atoms with E-state index < -0.39 is 11.6 Å². The van der Waals surface area contributed by atoms with Gasteiger partial charge in [-0.1, -0.05) is 50.6 Å². The second-order valence-corrected chi connectivity index (χ2v) is 4.33. The fraction of sp³-hybridized carbons (Fsp3) is 0.500. The first kappa shape index (κ1) is 13.7. The van der Waals surface area contributed by atoms with Crippen LogP contribution in [-0.4, -0.2) is 16.2 Å². The Morgan fingerprint density at radius 1 is 1.29 bits per heavy atom. The molecule has 2 N–H and O–H groups in total. The zero-order chi connectivity index (χ0) is 12.9. The normalized spacial score (nSPS) is 16.2. The first-order valence-electron chi connectivity index (χ1n) is 6.08. The third-order valence-electron chi connectivity index (χ3n) is 3.26. The van der Waals surface area contributed by atoms with Crippen molar-refractivity contribution in [1.82, 2.24) is 0 Å². The second-order valence-electron chi connectivity index (χ2n) is 4.33. The maximum atomic E-state index is 11.4. The number of hydrogen-bond acceptors (Lipinski definition) is 2. The van der Waals surface area contributed by atoms with E-state index in [1.807, 2.05) is 19.9 Å². The van der Waals surface area contributed by atoms with Gasteiger partial charge in [0, 0.05) is 5.92 Å². The number of hydrogen-bond donors (Lipinski definition) is 2. The number of aliphatic hydroxyl groups is 1. The van der Waals surface area contributed by atoms with Crippen molar-refractivity contribution in [2.45, 2.75) is 38.7 Å². The zero-order valence-corrected chi connectivity index (χ0v) is 10.4. The second kappa shape index (κ2) is 5.82. The Balaban J connectivity index is 3.17. The van der Waals surface area contributed by atoms with Crippen LogP contribution in [0.4, 0.5) is 0 Å². The summed E-state index contributed by atoms with van der Waals surface area (Å²) in [5.41, 5.74) is -1.31. The number of benzene rings is 1. The maximum Gasteiger partial charge on any atom is 0.340 e. The lowest BCUT2D eigenvalue weighted by Crippen LogP contribution is -2.42. The first-order chi connectivity index (χ1) is 8.07. The molecule has 2 atom stereocenters. The van der Waals surface area contributed by atoms with E-state index in [2.05, 4.69) is 0 Å². The molecular weight excluding hydrogens is 216 g/mol. The summed E-state index contributed by atoms with van der Waals surface area (Å²) in [5, 5.41) is 19.9. The van der Waals surface area contributed by atoms with E-state index in [0.29, 0.717) is 18.4 Å². The molecule has 0 spiro atoms. The van der Waals surface area contributed by atoms with E-state index in [1.54, 1.807) is 24.3 Å². The Kier molecular flexibility index (Phi) is 4.70. The summed E-state index contributed by atoms with van der Waals surface area (Å²) >= 11 is 0. The molecule has 0 aliphatic heterocycles. The number of carboxylic acid groups (broad SMARTS) is 1. The van der Waals surface area contributed by atoms with Crippen molar-refractivity contribution in [3.05, 3.63) is 35.9 Å². The summed E-state index contributed by atoms with van der Waals surface area (Å²) in [6, 6.07) is 8.66. The van der Waals surface area contributed by atoms with Crippen LogP contribution in [0, 0.1) is 5.92 Å². The summed E-state index contributed by atoms with van der Waals surface area (Å²) in [6.45, 7) is 3.91. The number of aliphatic carboxylic acids is 1. The minimum atomic E-state index is -1.77. The molecule has 1 rings (SSSR count). The van der Waals surface area contributed by atoms with E-state index >= 15 is 0 Å². The van der Waals surface area contributed by atoms with E-state index in [9.17, 15) is 15.0 Å². The number of carboxylic acids is 1. The molecule has 17 heavy (non-hydrogen) atoms. The SMILES string of the molecule is CCCC(CC)[C@](O)(C(=O)O)c1ccccc1. The number of rotatable bonds is 6. The van der Waals surface area contributed by atoms with Crippen molar-refractivity contribution >= 4 is 5.97 Å². The van der Waals surface area contributed by atoms with Crippen LogP contribution >= 0.6 is 0 Å². The summed E-state index contributed by atoms with van der Waals surface area (Å²) in [6.07, 6.45) is 2.21. The molecule has 0 aliphatic carbocycles. The third kappa shape index (κ3) is 2.67. The smallest absolute Gasteiger partial charge is 0.340 e. The molecule has 94 valence electrons. The Morgan fingerprint density at radius 2 is 1.88 bits per heavy atom. The highest BCUT2D eigenvalue weighted by Crippen LogP contribution is 2.35. The van der Waals surface area contributed by atoms with Crippen molar-refractivity contribution < 1.29 is 15.0 Å². The lowest BCUT2D eigenvalue weighted by atomic mass is 9.77. The molecule has 0 heterocycles. The molecule has 0 fully saturated rings. The van der Waals surface area contributed by atoms with Crippen LogP contribution in [0.5, 0.6) is 0 Å². The summed E-state index contributed by atoms with van der Waals surface area (Å²) < 4.78 is 0. The minimum Gasteiger partial charge on any atom is -0.479 e. The average Bonchev–Trinajstić information content (AvgIpc) is 2.35. The van der Waals surface area contributed by atoms with Crippen LogP contribution < -0.4 is 0 Å². The van der Waals surface area contributed by atoms with Gasteiger partial charge in [0.05, 0.1) is 0 Å². The summed E-state index contributed by atoms with van der Waals surface area (Å²) in [4.78, 5) is 11.4. The van der Waals surface area contributed by atoms with Crippen molar-refractivity contribution in [3.8, 4) is 0 Å². The van der Waals surface area contributed by atoms with Crippen molar-refractivity contribution in [2.75, 3.05) is 0 Å². The standard InChI is InChI=1S/C14H20O3/c1-3-8-11(4-2)14(17,13(15)16)12-9-6-5-7-10-12/h5-7,9-11,17H,3-4,8H2,1-2H3,(H,15,16)/t11?,14-/m1/s1. The predicted octanol–water partition coefficient (Wildman–Crippen LogP) is 2.79. The van der Waals surface area contributed by atoms with E-state index in [-0.39, 0.29) is 5.92 Å². The van der Waals surface area contributed by atoms with Crippen molar-refractivity contribution in [2.24, 2.45) is 5.92 Å². The van der Waals surface area contributed by atoms with Gasteiger partial charge in [-0.25, -0.2) is 4.79 Å². The van der Waals surface area contributed by atoms with Gasteiger partial charge in [-0.2, -0.15) is 0 Å². The Bertz CT molecular complexity index is 361. The average molecular weight is 236 g/mol. The van der Waals surface area contributed by atoms with E-state index in [4.69, 9.17) is 0 Å². The highest BCUT2D eigenvalue weighted by Gasteiger charge is 2.44. The number of carbonyl (C=O) groups is 1. The molecule has 0 amide bonds. The van der Waals surface area contributed by atoms with Gasteiger partial charge in [-0.3, -0.25) is 0 Å². The van der Waals surface area contributed by atoms with Crippen LogP contribution in [0.25, 0.3) is 0 Å². The molecule has 0 aromatic heterocycles. The van der Waals surface area contributed by atoms with Crippen LogP contribution in [-0.2, 0) is 10.4 Å². The van der Waals surface area contributed by atoms with Gasteiger partial charge >= 0.3 is 5.97 Å². The first-order valence-corrected chi connectivity index (χ1v) is 6.08. The lowest BCUT2D eigenvalue weighted by Gasteiger charge is -2.32. The quantitative estimate of drug-likeness (QED) is 0.798. The van der Waals surface area contributed by atoms with Gasteiger partial charge in [0.25, 0.3) is 0 Å². The molecule has 0 saturated heterocycles. The molecule has 1 aromatic carbocycles. The van der Waals surface area contributed by atoms with Crippen molar-refractivity contribution in [3.63, 3.8) is 0 Å². The Labute approximate surface area is 102 Å². The molecular formula is C14H20O3. The fourth-order valence-corrected chi connectivity index (χ4v) is 2.28. The van der Waals surface area contributed by atoms with Gasteiger partial charge < -0.3 is 10.2 Å². The van der Waals surface area contributed by atoms with Crippen LogP contribution in [0.1, 0.15) is 38.7 Å². The topological polar surface area (TPSA) is 57.5 Å². The predicted molar refractivity (Wildman–Crippen MR) is 66.7 cm³/mol. The van der Waals surface area contributed by atoms with Crippen LogP contribution in [0.15, 0.2) is 30.3 Å².